The zero-order valence-electron chi connectivity index (χ0n) is 7.45. The van der Waals surface area contributed by atoms with Gasteiger partial charge in [-0.15, -0.1) is 0 Å². The van der Waals surface area contributed by atoms with Crippen LogP contribution < -0.4 is 9.64 Å². The second-order valence-electron chi connectivity index (χ2n) is 3.01. The van der Waals surface area contributed by atoms with Gasteiger partial charge in [-0.2, -0.15) is 0 Å². The molecule has 0 unspecified atom stereocenters. The number of amides is 1. The molecule has 0 fully saturated rings. The second kappa shape index (κ2) is 2.87. The predicted molar refractivity (Wildman–Crippen MR) is 47.0 cm³/mol. The molecular weight excluding hydrogens is 189 g/mol. The van der Waals surface area contributed by atoms with E-state index < -0.39 is 11.6 Å². The fourth-order valence-corrected chi connectivity index (χ4v) is 1.28. The van der Waals surface area contributed by atoms with E-state index in [1.165, 1.54) is 11.0 Å². The van der Waals surface area contributed by atoms with Crippen molar-refractivity contribution in [2.75, 3.05) is 18.6 Å². The Kier molecular flexibility index (Phi) is 1.80. The first-order valence-corrected chi connectivity index (χ1v) is 4.01. The Hall–Kier alpha value is -1.78. The zero-order valence-corrected chi connectivity index (χ0v) is 7.45. The first-order valence-electron chi connectivity index (χ1n) is 4.01. The summed E-state index contributed by atoms with van der Waals surface area (Å²) in [5, 5.41) is 9.11. The molecule has 1 aromatic rings. The molecule has 0 saturated heterocycles. The number of hydrogen-bond acceptors (Lipinski definition) is 3. The number of anilines is 1. The number of nitrogens with zero attached hydrogens (tertiary/aromatic N) is 1. The summed E-state index contributed by atoms with van der Waals surface area (Å²) in [7, 11) is 1.54. The number of hydrogen-bond donors (Lipinski definition) is 1. The average Bonchev–Trinajstić information content (AvgIpc) is 2.15. The quantitative estimate of drug-likeness (QED) is 0.671. The Morgan fingerprint density at radius 3 is 3.00 bits per heavy atom. The van der Waals surface area contributed by atoms with Crippen LogP contribution in [0.1, 0.15) is 0 Å². The van der Waals surface area contributed by atoms with Crippen molar-refractivity contribution in [3.05, 3.63) is 17.9 Å². The topological polar surface area (TPSA) is 49.8 Å². The van der Waals surface area contributed by atoms with E-state index in [-0.39, 0.29) is 18.3 Å². The van der Waals surface area contributed by atoms with Gasteiger partial charge in [-0.3, -0.25) is 4.79 Å². The van der Waals surface area contributed by atoms with Crippen LogP contribution >= 0.6 is 0 Å². The van der Waals surface area contributed by atoms with Gasteiger partial charge in [0.25, 0.3) is 5.91 Å². The van der Waals surface area contributed by atoms with Crippen LogP contribution in [0.5, 0.6) is 11.5 Å². The van der Waals surface area contributed by atoms with Gasteiger partial charge in [-0.1, -0.05) is 0 Å². The molecule has 74 valence electrons. The highest BCUT2D eigenvalue weighted by Crippen LogP contribution is 2.35. The molecule has 4 nitrogen and oxygen atoms in total. The Bertz CT molecular complexity index is 405. The molecule has 1 N–H and O–H groups in total. The Morgan fingerprint density at radius 1 is 1.57 bits per heavy atom. The molecule has 0 aliphatic carbocycles. The lowest BCUT2D eigenvalue weighted by Gasteiger charge is -2.25. The Labute approximate surface area is 79.5 Å². The van der Waals surface area contributed by atoms with Gasteiger partial charge in [-0.25, -0.2) is 4.39 Å². The highest BCUT2D eigenvalue weighted by Gasteiger charge is 2.23. The largest absolute Gasteiger partial charge is 0.505 e. The maximum atomic E-state index is 12.9. The number of benzene rings is 1. The lowest BCUT2D eigenvalue weighted by atomic mass is 10.2. The molecular formula is C9H8FNO3. The normalized spacial score (nSPS) is 15.0. The number of phenols is 1. The third-order valence-corrected chi connectivity index (χ3v) is 2.12. The van der Waals surface area contributed by atoms with Crippen LogP contribution in [0.3, 0.4) is 0 Å². The summed E-state index contributed by atoms with van der Waals surface area (Å²) in [6, 6.07) is 2.23. The molecule has 1 aromatic carbocycles. The molecule has 1 aliphatic heterocycles. The van der Waals surface area contributed by atoms with Crippen molar-refractivity contribution >= 4 is 11.6 Å². The van der Waals surface area contributed by atoms with E-state index in [9.17, 15) is 9.18 Å². The molecule has 14 heavy (non-hydrogen) atoms. The van der Waals surface area contributed by atoms with Crippen molar-refractivity contribution in [3.8, 4) is 11.5 Å². The molecule has 1 heterocycles. The maximum Gasteiger partial charge on any atom is 0.264 e. The summed E-state index contributed by atoms with van der Waals surface area (Å²) < 4.78 is 17.9. The van der Waals surface area contributed by atoms with Crippen molar-refractivity contribution in [1.29, 1.82) is 0 Å². The summed E-state index contributed by atoms with van der Waals surface area (Å²) in [6.07, 6.45) is 0. The molecule has 2 rings (SSSR count). The third-order valence-electron chi connectivity index (χ3n) is 2.12. The van der Waals surface area contributed by atoms with Gasteiger partial charge in [0.2, 0.25) is 0 Å². The maximum absolute atomic E-state index is 12.9. The molecule has 0 bridgehead atoms. The summed E-state index contributed by atoms with van der Waals surface area (Å²) in [5.74, 6) is -1.22. The van der Waals surface area contributed by atoms with Gasteiger partial charge in [-0.05, 0) is 0 Å². The summed E-state index contributed by atoms with van der Waals surface area (Å²) >= 11 is 0. The summed E-state index contributed by atoms with van der Waals surface area (Å²) in [4.78, 5) is 12.5. The van der Waals surface area contributed by atoms with Gasteiger partial charge in [0.05, 0.1) is 5.69 Å². The fraction of sp³-hybridized carbons (Fsp3) is 0.222. The van der Waals surface area contributed by atoms with E-state index in [0.29, 0.717) is 5.69 Å². The number of ether oxygens (including phenoxy) is 1. The van der Waals surface area contributed by atoms with E-state index in [1.54, 1.807) is 7.05 Å². The SMILES string of the molecule is CN1C(=O)COc2cc(F)c(O)cc21. The lowest BCUT2D eigenvalue weighted by Crippen LogP contribution is -2.35. The third kappa shape index (κ3) is 1.17. The van der Waals surface area contributed by atoms with Crippen molar-refractivity contribution in [3.63, 3.8) is 0 Å². The summed E-state index contributed by atoms with van der Waals surface area (Å²) in [5.41, 5.74) is 0.375. The Morgan fingerprint density at radius 2 is 2.29 bits per heavy atom. The number of phenolic OH excluding ortho intramolecular Hbond substituents is 1. The van der Waals surface area contributed by atoms with Gasteiger partial charge < -0.3 is 14.7 Å². The van der Waals surface area contributed by atoms with Crippen LogP contribution in [0.4, 0.5) is 10.1 Å². The van der Waals surface area contributed by atoms with E-state index >= 15 is 0 Å². The highest BCUT2D eigenvalue weighted by molar-refractivity contribution is 5.97. The van der Waals surface area contributed by atoms with Crippen LogP contribution in [0.15, 0.2) is 12.1 Å². The minimum absolute atomic E-state index is 0.103. The van der Waals surface area contributed by atoms with Crippen molar-refractivity contribution in [2.45, 2.75) is 0 Å². The number of likely N-dealkylation sites (N-methyl/N-ethyl adjacent to an activating group) is 1. The van der Waals surface area contributed by atoms with Crippen molar-refractivity contribution in [1.82, 2.24) is 0 Å². The Balaban J connectivity index is 2.55. The summed E-state index contributed by atoms with van der Waals surface area (Å²) in [6.45, 7) is -0.103. The van der Waals surface area contributed by atoms with E-state index in [1.807, 2.05) is 0 Å². The molecule has 0 radical (unpaired) electrons. The predicted octanol–water partition coefficient (Wildman–Crippen LogP) is 0.886. The van der Waals surface area contributed by atoms with Gasteiger partial charge in [0, 0.05) is 19.2 Å². The van der Waals surface area contributed by atoms with Crippen LogP contribution in [0.25, 0.3) is 0 Å². The van der Waals surface area contributed by atoms with E-state index in [0.717, 1.165) is 6.07 Å². The number of halogens is 1. The lowest BCUT2D eigenvalue weighted by molar-refractivity contribution is -0.120. The van der Waals surface area contributed by atoms with Crippen molar-refractivity contribution in [2.24, 2.45) is 0 Å². The molecule has 0 atom stereocenters. The average molecular weight is 197 g/mol. The van der Waals surface area contributed by atoms with E-state index in [4.69, 9.17) is 9.84 Å². The standard InChI is InChI=1S/C9H8FNO3/c1-11-6-3-7(12)5(10)2-8(6)14-4-9(11)13/h2-3,12H,4H2,1H3. The van der Waals surface area contributed by atoms with Crippen LogP contribution in [0.2, 0.25) is 0 Å². The minimum atomic E-state index is -0.758. The monoisotopic (exact) mass is 197 g/mol. The number of rotatable bonds is 0. The van der Waals surface area contributed by atoms with Crippen LogP contribution in [-0.4, -0.2) is 24.7 Å². The van der Waals surface area contributed by atoms with E-state index in [2.05, 4.69) is 0 Å². The molecule has 5 heteroatoms. The minimum Gasteiger partial charge on any atom is -0.505 e. The fourth-order valence-electron chi connectivity index (χ4n) is 1.28. The van der Waals surface area contributed by atoms with Gasteiger partial charge >= 0.3 is 0 Å². The van der Waals surface area contributed by atoms with Crippen molar-refractivity contribution < 1.29 is 19.0 Å². The van der Waals surface area contributed by atoms with Gasteiger partial charge in [0.15, 0.2) is 18.2 Å². The number of carbonyl (C=O) groups excluding carboxylic acids is 1. The smallest absolute Gasteiger partial charge is 0.264 e. The number of carbonyl (C=O) groups is 1. The molecule has 0 spiro atoms. The zero-order chi connectivity index (χ0) is 10.3. The highest BCUT2D eigenvalue weighted by atomic mass is 19.1. The van der Waals surface area contributed by atoms with Crippen LogP contribution in [0, 0.1) is 5.82 Å². The van der Waals surface area contributed by atoms with Gasteiger partial charge in [0.1, 0.15) is 5.75 Å². The number of fused-ring (bicyclic) bond motifs is 1. The second-order valence-corrected chi connectivity index (χ2v) is 3.01. The first-order chi connectivity index (χ1) is 6.59. The molecule has 0 saturated carbocycles. The first kappa shape index (κ1) is 8.80. The number of aromatic hydroxyl groups is 1. The molecule has 1 aliphatic rings. The van der Waals surface area contributed by atoms with Crippen LogP contribution in [-0.2, 0) is 4.79 Å². The molecule has 0 aromatic heterocycles. The molecule has 1 amide bonds.